The number of ether oxygens (including phenoxy) is 3. The summed E-state index contributed by atoms with van der Waals surface area (Å²) in [6, 6.07) is 12.1. The maximum atomic E-state index is 12.4. The van der Waals surface area contributed by atoms with E-state index in [1.807, 2.05) is 13.8 Å². The molecule has 0 aliphatic carbocycles. The Labute approximate surface area is 179 Å². The molecule has 3 aromatic rings. The van der Waals surface area contributed by atoms with Crippen LogP contribution in [0.25, 0.3) is 0 Å². The van der Waals surface area contributed by atoms with E-state index < -0.39 is 0 Å². The number of methoxy groups -OCH3 is 1. The third-order valence-electron chi connectivity index (χ3n) is 4.43. The first kappa shape index (κ1) is 21.5. The van der Waals surface area contributed by atoms with Gasteiger partial charge in [-0.2, -0.15) is 0 Å². The Hall–Kier alpha value is -3.19. The van der Waals surface area contributed by atoms with E-state index in [1.165, 1.54) is 7.11 Å². The lowest BCUT2D eigenvalue weighted by Crippen LogP contribution is -2.28. The number of hydrogen-bond donors (Lipinski definition) is 1. The Morgan fingerprint density at radius 3 is 2.67 bits per heavy atom. The SMILES string of the molecule is COc1cc(C(=O)NCCOc2cccc(Cl)c2)ccc1OCc1c(C)noc1C. The molecule has 0 saturated heterocycles. The van der Waals surface area contributed by atoms with Crippen LogP contribution in [0, 0.1) is 13.8 Å². The highest BCUT2D eigenvalue weighted by molar-refractivity contribution is 6.30. The molecule has 2 aromatic carbocycles. The number of rotatable bonds is 9. The lowest BCUT2D eigenvalue weighted by atomic mass is 10.2. The highest BCUT2D eigenvalue weighted by atomic mass is 35.5. The fourth-order valence-corrected chi connectivity index (χ4v) is 2.96. The minimum absolute atomic E-state index is 0.236. The summed E-state index contributed by atoms with van der Waals surface area (Å²) < 4.78 is 21.9. The highest BCUT2D eigenvalue weighted by Crippen LogP contribution is 2.29. The molecule has 0 radical (unpaired) electrons. The molecule has 0 atom stereocenters. The molecule has 1 heterocycles. The van der Waals surface area contributed by atoms with Crippen molar-refractivity contribution in [2.45, 2.75) is 20.5 Å². The smallest absolute Gasteiger partial charge is 0.251 e. The quantitative estimate of drug-likeness (QED) is 0.508. The van der Waals surface area contributed by atoms with E-state index in [-0.39, 0.29) is 5.91 Å². The summed E-state index contributed by atoms with van der Waals surface area (Å²) in [5.41, 5.74) is 2.13. The second kappa shape index (κ2) is 10.0. The predicted octanol–water partition coefficient (Wildman–Crippen LogP) is 4.34. The third-order valence-corrected chi connectivity index (χ3v) is 4.67. The van der Waals surface area contributed by atoms with Crippen molar-refractivity contribution in [3.8, 4) is 17.2 Å². The number of hydrogen-bond acceptors (Lipinski definition) is 6. The van der Waals surface area contributed by atoms with Gasteiger partial charge in [0.15, 0.2) is 11.5 Å². The topological polar surface area (TPSA) is 82.8 Å². The molecule has 0 fully saturated rings. The fraction of sp³-hybridized carbons (Fsp3) is 0.273. The number of amides is 1. The highest BCUT2D eigenvalue weighted by Gasteiger charge is 2.14. The molecule has 3 rings (SSSR count). The predicted molar refractivity (Wildman–Crippen MR) is 113 cm³/mol. The first-order valence-corrected chi connectivity index (χ1v) is 9.75. The number of nitrogens with zero attached hydrogens (tertiary/aromatic N) is 1. The van der Waals surface area contributed by atoms with Gasteiger partial charge in [0.2, 0.25) is 0 Å². The molecule has 1 aromatic heterocycles. The lowest BCUT2D eigenvalue weighted by molar-refractivity contribution is 0.0946. The number of aromatic nitrogens is 1. The first-order chi connectivity index (χ1) is 14.5. The number of benzene rings is 2. The van der Waals surface area contributed by atoms with Crippen molar-refractivity contribution in [3.05, 3.63) is 70.1 Å². The maximum Gasteiger partial charge on any atom is 0.251 e. The van der Waals surface area contributed by atoms with Gasteiger partial charge in [0, 0.05) is 10.6 Å². The van der Waals surface area contributed by atoms with Gasteiger partial charge in [-0.1, -0.05) is 22.8 Å². The average Bonchev–Trinajstić information content (AvgIpc) is 3.06. The van der Waals surface area contributed by atoms with E-state index in [1.54, 1.807) is 42.5 Å². The molecular weight excluding hydrogens is 408 g/mol. The van der Waals surface area contributed by atoms with E-state index in [2.05, 4.69) is 10.5 Å². The molecule has 0 saturated carbocycles. The number of halogens is 1. The van der Waals surface area contributed by atoms with Crippen LogP contribution in [-0.4, -0.2) is 31.3 Å². The molecule has 158 valence electrons. The number of carbonyl (C=O) groups excluding carboxylic acids is 1. The summed E-state index contributed by atoms with van der Waals surface area (Å²) >= 11 is 5.92. The average molecular weight is 431 g/mol. The summed E-state index contributed by atoms with van der Waals surface area (Å²) in [6.45, 7) is 4.65. The molecule has 1 amide bonds. The zero-order valence-corrected chi connectivity index (χ0v) is 17.8. The molecule has 0 aliphatic heterocycles. The zero-order chi connectivity index (χ0) is 21.5. The van der Waals surface area contributed by atoms with E-state index in [9.17, 15) is 4.79 Å². The van der Waals surface area contributed by atoms with Crippen molar-refractivity contribution in [3.63, 3.8) is 0 Å². The van der Waals surface area contributed by atoms with Crippen molar-refractivity contribution in [2.75, 3.05) is 20.3 Å². The fourth-order valence-electron chi connectivity index (χ4n) is 2.78. The van der Waals surface area contributed by atoms with E-state index in [4.69, 9.17) is 30.3 Å². The summed E-state index contributed by atoms with van der Waals surface area (Å²) in [6.07, 6.45) is 0. The van der Waals surface area contributed by atoms with Gasteiger partial charge in [0.25, 0.3) is 5.91 Å². The standard InChI is InChI=1S/C22H23ClN2O5/c1-14-19(15(2)30-25-14)13-29-20-8-7-16(11-21(20)27-3)22(26)24-9-10-28-18-6-4-5-17(23)12-18/h4-8,11-12H,9-10,13H2,1-3H3,(H,24,26). The molecule has 7 nitrogen and oxygen atoms in total. The molecule has 0 aliphatic rings. The van der Waals surface area contributed by atoms with Gasteiger partial charge in [0.05, 0.1) is 24.9 Å². The van der Waals surface area contributed by atoms with Gasteiger partial charge in [0.1, 0.15) is 24.7 Å². The first-order valence-electron chi connectivity index (χ1n) is 9.37. The van der Waals surface area contributed by atoms with Crippen molar-refractivity contribution >= 4 is 17.5 Å². The van der Waals surface area contributed by atoms with Crippen molar-refractivity contribution < 1.29 is 23.5 Å². The van der Waals surface area contributed by atoms with Gasteiger partial charge in [-0.25, -0.2) is 0 Å². The lowest BCUT2D eigenvalue weighted by Gasteiger charge is -2.12. The minimum atomic E-state index is -0.236. The van der Waals surface area contributed by atoms with Crippen LogP contribution in [0.2, 0.25) is 5.02 Å². The second-order valence-electron chi connectivity index (χ2n) is 6.52. The largest absolute Gasteiger partial charge is 0.493 e. The normalized spacial score (nSPS) is 10.5. The maximum absolute atomic E-state index is 12.4. The molecule has 8 heteroatoms. The van der Waals surface area contributed by atoms with Crippen LogP contribution in [-0.2, 0) is 6.61 Å². The van der Waals surface area contributed by atoms with Crippen LogP contribution in [0.4, 0.5) is 0 Å². The van der Waals surface area contributed by atoms with Crippen LogP contribution in [0.5, 0.6) is 17.2 Å². The zero-order valence-electron chi connectivity index (χ0n) is 17.0. The summed E-state index contributed by atoms with van der Waals surface area (Å²) in [7, 11) is 1.53. The van der Waals surface area contributed by atoms with Crippen LogP contribution in [0.3, 0.4) is 0 Å². The molecule has 1 N–H and O–H groups in total. The van der Waals surface area contributed by atoms with Crippen LogP contribution >= 0.6 is 11.6 Å². The molecule has 0 bridgehead atoms. The molecule has 30 heavy (non-hydrogen) atoms. The van der Waals surface area contributed by atoms with E-state index in [0.29, 0.717) is 53.4 Å². The van der Waals surface area contributed by atoms with Gasteiger partial charge in [-0.3, -0.25) is 4.79 Å². The Balaban J connectivity index is 1.54. The van der Waals surface area contributed by atoms with Crippen LogP contribution < -0.4 is 19.5 Å². The Kier molecular flexibility index (Phi) is 7.19. The summed E-state index contributed by atoms with van der Waals surface area (Å²) in [5, 5.41) is 7.32. The molecule has 0 unspecified atom stereocenters. The summed E-state index contributed by atoms with van der Waals surface area (Å²) in [4.78, 5) is 12.4. The van der Waals surface area contributed by atoms with E-state index in [0.717, 1.165) is 11.3 Å². The van der Waals surface area contributed by atoms with Crippen molar-refractivity contribution in [1.29, 1.82) is 0 Å². The van der Waals surface area contributed by atoms with Crippen LogP contribution in [0.1, 0.15) is 27.4 Å². The third kappa shape index (κ3) is 5.45. The Morgan fingerprint density at radius 2 is 1.97 bits per heavy atom. The second-order valence-corrected chi connectivity index (χ2v) is 6.96. The monoisotopic (exact) mass is 430 g/mol. The molecule has 0 spiro atoms. The Bertz CT molecular complexity index is 999. The van der Waals surface area contributed by atoms with Gasteiger partial charge >= 0.3 is 0 Å². The van der Waals surface area contributed by atoms with Crippen LogP contribution in [0.15, 0.2) is 47.0 Å². The number of aryl methyl sites for hydroxylation is 2. The molecular formula is C22H23ClN2O5. The van der Waals surface area contributed by atoms with E-state index >= 15 is 0 Å². The number of nitrogens with one attached hydrogen (secondary N) is 1. The Morgan fingerprint density at radius 1 is 1.13 bits per heavy atom. The minimum Gasteiger partial charge on any atom is -0.493 e. The number of carbonyl (C=O) groups is 1. The van der Waals surface area contributed by atoms with Gasteiger partial charge in [-0.05, 0) is 50.2 Å². The van der Waals surface area contributed by atoms with Gasteiger partial charge in [-0.15, -0.1) is 0 Å². The van der Waals surface area contributed by atoms with Gasteiger partial charge < -0.3 is 24.1 Å². The van der Waals surface area contributed by atoms with Crippen molar-refractivity contribution in [2.24, 2.45) is 0 Å². The summed E-state index contributed by atoms with van der Waals surface area (Å²) in [5.74, 6) is 2.11. The van der Waals surface area contributed by atoms with Crippen molar-refractivity contribution in [1.82, 2.24) is 10.5 Å².